The molecule has 0 bridgehead atoms. The van der Waals surface area contributed by atoms with Crippen molar-refractivity contribution in [2.45, 2.75) is 31.9 Å². The quantitative estimate of drug-likeness (QED) is 0.851. The summed E-state index contributed by atoms with van der Waals surface area (Å²) in [6, 6.07) is 1.82. The molecule has 21 heavy (non-hydrogen) atoms. The highest BCUT2D eigenvalue weighted by Crippen LogP contribution is 2.34. The zero-order valence-electron chi connectivity index (χ0n) is 12.4. The average Bonchev–Trinajstić information content (AvgIpc) is 2.35. The fourth-order valence-corrected chi connectivity index (χ4v) is 2.62. The number of hydrogen-bond acceptors (Lipinski definition) is 5. The Morgan fingerprint density at radius 1 is 1.29 bits per heavy atom. The molecule has 1 fully saturated rings. The van der Waals surface area contributed by atoms with E-state index in [1.807, 2.05) is 19.9 Å². The molecule has 1 aliphatic rings. The number of fused-ring (bicyclic) bond motifs is 1. The summed E-state index contributed by atoms with van der Waals surface area (Å²) in [7, 11) is 0. The van der Waals surface area contributed by atoms with E-state index in [2.05, 4.69) is 22.2 Å². The molecular formula is C15H19ClN4O. The predicted molar refractivity (Wildman–Crippen MR) is 83.7 cm³/mol. The van der Waals surface area contributed by atoms with Gasteiger partial charge in [-0.15, -0.1) is 0 Å². The number of aromatic nitrogens is 2. The van der Waals surface area contributed by atoms with Crippen molar-refractivity contribution in [1.82, 2.24) is 15.3 Å². The van der Waals surface area contributed by atoms with Crippen molar-refractivity contribution < 1.29 is 4.74 Å². The Bertz CT molecular complexity index is 692. The molecule has 0 amide bonds. The molecular weight excluding hydrogens is 288 g/mol. The minimum atomic E-state index is -0.517. The van der Waals surface area contributed by atoms with Crippen LogP contribution in [0.15, 0.2) is 18.5 Å². The van der Waals surface area contributed by atoms with E-state index in [9.17, 15) is 0 Å². The number of halogens is 1. The molecule has 0 aliphatic carbocycles. The van der Waals surface area contributed by atoms with E-state index in [0.29, 0.717) is 11.0 Å². The van der Waals surface area contributed by atoms with Crippen LogP contribution in [0.25, 0.3) is 10.8 Å². The fourth-order valence-electron chi connectivity index (χ4n) is 2.46. The molecule has 3 heterocycles. The van der Waals surface area contributed by atoms with Gasteiger partial charge in [0.05, 0.1) is 5.39 Å². The lowest BCUT2D eigenvalue weighted by Crippen LogP contribution is -2.61. The maximum absolute atomic E-state index is 6.23. The Hall–Kier alpha value is -1.43. The van der Waals surface area contributed by atoms with Gasteiger partial charge < -0.3 is 15.8 Å². The number of ether oxygens (including phenoxy) is 1. The van der Waals surface area contributed by atoms with Crippen LogP contribution in [-0.4, -0.2) is 28.7 Å². The van der Waals surface area contributed by atoms with E-state index < -0.39 is 5.54 Å². The second-order valence-corrected chi connectivity index (χ2v) is 6.79. The summed E-state index contributed by atoms with van der Waals surface area (Å²) in [5, 5.41) is 5.41. The highest BCUT2D eigenvalue weighted by atomic mass is 35.5. The first-order chi connectivity index (χ1) is 9.78. The summed E-state index contributed by atoms with van der Waals surface area (Å²) in [6.45, 7) is 7.55. The van der Waals surface area contributed by atoms with Crippen LogP contribution in [0, 0.1) is 0 Å². The highest BCUT2D eigenvalue weighted by Gasteiger charge is 2.35. The van der Waals surface area contributed by atoms with Crippen molar-refractivity contribution in [3.05, 3.63) is 29.2 Å². The van der Waals surface area contributed by atoms with Gasteiger partial charge >= 0.3 is 0 Å². The second kappa shape index (κ2) is 4.80. The molecule has 0 radical (unpaired) electrons. The first kappa shape index (κ1) is 14.5. The molecule has 5 nitrogen and oxygen atoms in total. The molecule has 2 aromatic heterocycles. The minimum absolute atomic E-state index is 0.223. The SMILES string of the molecule is CC1(Oc2ncc(C(C)(C)N)c3cc(Cl)ncc23)CNC1. The first-order valence-electron chi connectivity index (χ1n) is 6.92. The van der Waals surface area contributed by atoms with Crippen LogP contribution in [0.3, 0.4) is 0 Å². The van der Waals surface area contributed by atoms with Gasteiger partial charge in [-0.25, -0.2) is 9.97 Å². The van der Waals surface area contributed by atoms with Crippen LogP contribution >= 0.6 is 11.6 Å². The monoisotopic (exact) mass is 306 g/mol. The maximum Gasteiger partial charge on any atom is 0.223 e. The molecule has 0 atom stereocenters. The molecule has 1 aliphatic heterocycles. The van der Waals surface area contributed by atoms with Gasteiger partial charge in [0.15, 0.2) is 0 Å². The van der Waals surface area contributed by atoms with Gasteiger partial charge in [0.25, 0.3) is 0 Å². The van der Waals surface area contributed by atoms with Crippen LogP contribution in [0.5, 0.6) is 5.88 Å². The van der Waals surface area contributed by atoms with Crippen LogP contribution in [0.4, 0.5) is 0 Å². The molecule has 0 unspecified atom stereocenters. The van der Waals surface area contributed by atoms with Gasteiger partial charge in [0, 0.05) is 31.0 Å². The van der Waals surface area contributed by atoms with E-state index >= 15 is 0 Å². The van der Waals surface area contributed by atoms with Crippen molar-refractivity contribution in [3.63, 3.8) is 0 Å². The first-order valence-corrected chi connectivity index (χ1v) is 7.30. The Morgan fingerprint density at radius 2 is 2.00 bits per heavy atom. The summed E-state index contributed by atoms with van der Waals surface area (Å²) in [5.41, 5.74) is 6.42. The number of hydrogen-bond donors (Lipinski definition) is 2. The van der Waals surface area contributed by atoms with Crippen molar-refractivity contribution in [1.29, 1.82) is 0 Å². The molecule has 6 heteroatoms. The Balaban J connectivity index is 2.15. The smallest absolute Gasteiger partial charge is 0.223 e. The Labute approximate surface area is 128 Å². The lowest BCUT2D eigenvalue weighted by atomic mass is 9.93. The van der Waals surface area contributed by atoms with E-state index in [1.54, 1.807) is 12.4 Å². The molecule has 0 saturated carbocycles. The van der Waals surface area contributed by atoms with Gasteiger partial charge in [0.2, 0.25) is 5.88 Å². The third-order valence-electron chi connectivity index (χ3n) is 3.74. The molecule has 2 aromatic rings. The molecule has 3 N–H and O–H groups in total. The normalized spacial score (nSPS) is 17.6. The van der Waals surface area contributed by atoms with Crippen LogP contribution in [-0.2, 0) is 5.54 Å². The molecule has 0 aromatic carbocycles. The Morgan fingerprint density at radius 3 is 2.57 bits per heavy atom. The summed E-state index contributed by atoms with van der Waals surface area (Å²) >= 11 is 6.04. The molecule has 112 valence electrons. The lowest BCUT2D eigenvalue weighted by molar-refractivity contribution is 0.0320. The highest BCUT2D eigenvalue weighted by molar-refractivity contribution is 6.30. The summed E-state index contributed by atoms with van der Waals surface area (Å²) in [4.78, 5) is 8.61. The van der Waals surface area contributed by atoms with Gasteiger partial charge in [-0.1, -0.05) is 11.6 Å². The maximum atomic E-state index is 6.23. The third kappa shape index (κ3) is 2.69. The van der Waals surface area contributed by atoms with Crippen LogP contribution < -0.4 is 15.8 Å². The van der Waals surface area contributed by atoms with Crippen molar-refractivity contribution >= 4 is 22.4 Å². The third-order valence-corrected chi connectivity index (χ3v) is 3.94. The van der Waals surface area contributed by atoms with Gasteiger partial charge in [-0.2, -0.15) is 0 Å². The zero-order chi connectivity index (χ0) is 15.3. The fraction of sp³-hybridized carbons (Fsp3) is 0.467. The Kier molecular flexibility index (Phi) is 3.31. The van der Waals surface area contributed by atoms with Crippen LogP contribution in [0.1, 0.15) is 26.3 Å². The molecule has 0 spiro atoms. The van der Waals surface area contributed by atoms with E-state index in [-0.39, 0.29) is 5.60 Å². The second-order valence-electron chi connectivity index (χ2n) is 6.41. The number of nitrogens with one attached hydrogen (secondary N) is 1. The zero-order valence-corrected chi connectivity index (χ0v) is 13.2. The number of pyridine rings is 2. The van der Waals surface area contributed by atoms with Gasteiger partial charge in [0.1, 0.15) is 10.8 Å². The van der Waals surface area contributed by atoms with E-state index in [4.69, 9.17) is 22.1 Å². The van der Waals surface area contributed by atoms with Crippen LogP contribution in [0.2, 0.25) is 5.15 Å². The van der Waals surface area contributed by atoms with Crippen molar-refractivity contribution in [2.24, 2.45) is 5.73 Å². The summed E-state index contributed by atoms with van der Waals surface area (Å²) in [6.07, 6.45) is 3.47. The largest absolute Gasteiger partial charge is 0.468 e. The number of rotatable bonds is 3. The molecule has 1 saturated heterocycles. The predicted octanol–water partition coefficient (Wildman–Crippen LogP) is 2.22. The summed E-state index contributed by atoms with van der Waals surface area (Å²) in [5.74, 6) is 0.575. The van der Waals surface area contributed by atoms with E-state index in [1.165, 1.54) is 0 Å². The molecule has 3 rings (SSSR count). The van der Waals surface area contributed by atoms with Gasteiger partial charge in [-0.05, 0) is 37.8 Å². The standard InChI is InChI=1S/C15H19ClN4O/c1-14(2,17)11-6-20-13(21-15(3)7-18-8-15)10-5-19-12(16)4-9(10)11/h4-6,18H,7-8,17H2,1-3H3. The lowest BCUT2D eigenvalue weighted by Gasteiger charge is -2.39. The minimum Gasteiger partial charge on any atom is -0.468 e. The van der Waals surface area contributed by atoms with Crippen molar-refractivity contribution in [3.8, 4) is 5.88 Å². The number of nitrogens with zero attached hydrogens (tertiary/aromatic N) is 2. The summed E-state index contributed by atoms with van der Waals surface area (Å²) < 4.78 is 6.06. The number of nitrogens with two attached hydrogens (primary N) is 1. The van der Waals surface area contributed by atoms with E-state index in [0.717, 1.165) is 29.4 Å². The topological polar surface area (TPSA) is 73.1 Å². The van der Waals surface area contributed by atoms with Crippen molar-refractivity contribution in [2.75, 3.05) is 13.1 Å². The average molecular weight is 307 g/mol. The van der Waals surface area contributed by atoms with Gasteiger partial charge in [-0.3, -0.25) is 0 Å².